The minimum Gasteiger partial charge on any atom is -0.629 e. The smallest absolute Gasteiger partial charge is 0.110 e. The fourth-order valence-corrected chi connectivity index (χ4v) is 0.514. The lowest BCUT2D eigenvalue weighted by molar-refractivity contribution is -0.792. The minimum atomic E-state index is 0.221. The second-order valence-corrected chi connectivity index (χ2v) is 1.50. The van der Waals surface area contributed by atoms with Crippen LogP contribution in [0, 0.1) is 5.21 Å². The molecule has 7 heavy (non-hydrogen) atoms. The quantitative estimate of drug-likeness (QED) is 0.361. The molecule has 0 aliphatic carbocycles. The Morgan fingerprint density at radius 1 is 1.71 bits per heavy atom. The van der Waals surface area contributed by atoms with Crippen molar-refractivity contribution >= 4 is 0 Å². The van der Waals surface area contributed by atoms with Gasteiger partial charge in [0, 0.05) is 0 Å². The summed E-state index contributed by atoms with van der Waals surface area (Å²) in [5, 5.41) is 13.5. The lowest BCUT2D eigenvalue weighted by Gasteiger charge is -2.20. The maximum Gasteiger partial charge on any atom is 0.110 e. The van der Waals surface area contributed by atoms with Crippen LogP contribution in [0.1, 0.15) is 0 Å². The normalized spacial score (nSPS) is 29.6. The summed E-state index contributed by atoms with van der Waals surface area (Å²) in [6.07, 6.45) is 3.25. The second-order valence-electron chi connectivity index (χ2n) is 1.50. The first-order chi connectivity index (χ1) is 3.39. The zero-order valence-corrected chi connectivity index (χ0v) is 3.98. The van der Waals surface area contributed by atoms with Crippen LogP contribution in [0.4, 0.5) is 0 Å². The van der Waals surface area contributed by atoms with Crippen LogP contribution < -0.4 is 10.4 Å². The highest BCUT2D eigenvalue weighted by atomic mass is 16.5. The Labute approximate surface area is 42.2 Å². The molecule has 0 fully saturated rings. The Bertz CT molecular complexity index is 81.8. The van der Waals surface area contributed by atoms with Crippen LogP contribution in [-0.4, -0.2) is 13.1 Å². The van der Waals surface area contributed by atoms with E-state index in [-0.39, 0.29) is 5.06 Å². The molecular formula is C4H8N2O. The molecule has 0 saturated heterocycles. The average molecular weight is 100 g/mol. The SMILES string of the molecule is [O-][NH+]1C=CNCC1. The van der Waals surface area contributed by atoms with Crippen molar-refractivity contribution in [2.24, 2.45) is 0 Å². The number of nitrogens with one attached hydrogen (secondary N) is 2. The lowest BCUT2D eigenvalue weighted by atomic mass is 10.5. The Hall–Kier alpha value is -0.540. The summed E-state index contributed by atoms with van der Waals surface area (Å²) in [6.45, 7) is 1.45. The molecule has 0 aromatic heterocycles. The van der Waals surface area contributed by atoms with E-state index in [4.69, 9.17) is 0 Å². The fraction of sp³-hybridized carbons (Fsp3) is 0.500. The molecule has 1 aliphatic rings. The van der Waals surface area contributed by atoms with E-state index in [1.807, 2.05) is 0 Å². The summed E-state index contributed by atoms with van der Waals surface area (Å²) in [4.78, 5) is 0. The fourth-order valence-electron chi connectivity index (χ4n) is 0.514. The van der Waals surface area contributed by atoms with Crippen molar-refractivity contribution in [3.63, 3.8) is 0 Å². The van der Waals surface area contributed by atoms with Crippen LogP contribution in [-0.2, 0) is 0 Å². The van der Waals surface area contributed by atoms with Crippen molar-refractivity contribution in [2.45, 2.75) is 0 Å². The highest BCUT2D eigenvalue weighted by molar-refractivity contribution is 4.72. The van der Waals surface area contributed by atoms with Gasteiger partial charge in [0.15, 0.2) is 0 Å². The van der Waals surface area contributed by atoms with Crippen molar-refractivity contribution in [1.29, 1.82) is 0 Å². The number of rotatable bonds is 0. The van der Waals surface area contributed by atoms with Gasteiger partial charge >= 0.3 is 0 Å². The lowest BCUT2D eigenvalue weighted by Crippen LogP contribution is -3.04. The zero-order chi connectivity index (χ0) is 5.11. The van der Waals surface area contributed by atoms with Gasteiger partial charge < -0.3 is 15.6 Å². The molecule has 2 N–H and O–H groups in total. The van der Waals surface area contributed by atoms with E-state index in [9.17, 15) is 5.21 Å². The van der Waals surface area contributed by atoms with E-state index in [1.54, 1.807) is 12.4 Å². The van der Waals surface area contributed by atoms with Crippen LogP contribution >= 0.6 is 0 Å². The van der Waals surface area contributed by atoms with Crippen LogP contribution in [0.3, 0.4) is 0 Å². The highest BCUT2D eigenvalue weighted by Gasteiger charge is 1.93. The molecule has 1 rings (SSSR count). The third-order valence-electron chi connectivity index (χ3n) is 0.903. The molecule has 0 bridgehead atoms. The Morgan fingerprint density at radius 2 is 2.57 bits per heavy atom. The molecule has 0 radical (unpaired) electrons. The van der Waals surface area contributed by atoms with Gasteiger partial charge in [-0.3, -0.25) is 0 Å². The molecule has 0 aromatic carbocycles. The Kier molecular flexibility index (Phi) is 1.29. The predicted molar refractivity (Wildman–Crippen MR) is 26.3 cm³/mol. The second kappa shape index (κ2) is 1.95. The van der Waals surface area contributed by atoms with Gasteiger partial charge in [0.05, 0.1) is 19.3 Å². The summed E-state index contributed by atoms with van der Waals surface area (Å²) in [5.74, 6) is 0. The van der Waals surface area contributed by atoms with Gasteiger partial charge in [-0.2, -0.15) is 0 Å². The largest absolute Gasteiger partial charge is 0.629 e. The van der Waals surface area contributed by atoms with Crippen LogP contribution in [0.25, 0.3) is 0 Å². The Morgan fingerprint density at radius 3 is 2.86 bits per heavy atom. The number of quaternary nitrogens is 1. The van der Waals surface area contributed by atoms with Gasteiger partial charge in [-0.25, -0.2) is 0 Å². The predicted octanol–water partition coefficient (Wildman–Crippen LogP) is -1.56. The molecular weight excluding hydrogens is 92.1 g/mol. The van der Waals surface area contributed by atoms with Gasteiger partial charge in [0.2, 0.25) is 0 Å². The molecule has 1 aliphatic heterocycles. The summed E-state index contributed by atoms with van der Waals surface area (Å²) in [6, 6.07) is 0. The molecule has 0 aromatic rings. The molecule has 1 unspecified atom stereocenters. The Balaban J connectivity index is 2.36. The minimum absolute atomic E-state index is 0.221. The zero-order valence-electron chi connectivity index (χ0n) is 3.98. The average Bonchev–Trinajstić information content (AvgIpc) is 1.69. The topological polar surface area (TPSA) is 39.5 Å². The number of hydrogen-bond donors (Lipinski definition) is 2. The van der Waals surface area contributed by atoms with Crippen LogP contribution in [0.2, 0.25) is 0 Å². The number of hydroxylamine groups is 2. The van der Waals surface area contributed by atoms with Crippen molar-refractivity contribution in [2.75, 3.05) is 13.1 Å². The van der Waals surface area contributed by atoms with Gasteiger partial charge in [-0.1, -0.05) is 0 Å². The monoisotopic (exact) mass is 100 g/mol. The first-order valence-corrected chi connectivity index (χ1v) is 2.32. The third kappa shape index (κ3) is 1.17. The van der Waals surface area contributed by atoms with E-state index < -0.39 is 0 Å². The van der Waals surface area contributed by atoms with Crippen molar-refractivity contribution in [3.05, 3.63) is 17.6 Å². The maximum absolute atomic E-state index is 10.3. The molecule has 1 heterocycles. The van der Waals surface area contributed by atoms with E-state index in [2.05, 4.69) is 5.32 Å². The molecule has 0 spiro atoms. The molecule has 1 atom stereocenters. The van der Waals surface area contributed by atoms with Gasteiger partial charge in [0.1, 0.15) is 6.20 Å². The highest BCUT2D eigenvalue weighted by Crippen LogP contribution is 1.61. The summed E-state index contributed by atoms with van der Waals surface area (Å²) < 4.78 is 0. The van der Waals surface area contributed by atoms with E-state index in [0.29, 0.717) is 6.54 Å². The van der Waals surface area contributed by atoms with Crippen molar-refractivity contribution in [1.82, 2.24) is 5.32 Å². The first kappa shape index (κ1) is 4.61. The van der Waals surface area contributed by atoms with E-state index >= 15 is 0 Å². The number of hydrogen-bond acceptors (Lipinski definition) is 2. The van der Waals surface area contributed by atoms with Crippen molar-refractivity contribution in [3.8, 4) is 0 Å². The van der Waals surface area contributed by atoms with Crippen LogP contribution in [0.15, 0.2) is 12.4 Å². The van der Waals surface area contributed by atoms with Gasteiger partial charge in [-0.15, -0.1) is 0 Å². The molecule has 0 saturated carbocycles. The van der Waals surface area contributed by atoms with E-state index in [1.165, 1.54) is 0 Å². The molecule has 0 amide bonds. The van der Waals surface area contributed by atoms with E-state index in [0.717, 1.165) is 6.54 Å². The summed E-state index contributed by atoms with van der Waals surface area (Å²) in [7, 11) is 0. The molecule has 40 valence electrons. The third-order valence-corrected chi connectivity index (χ3v) is 0.903. The van der Waals surface area contributed by atoms with Crippen LogP contribution in [0.5, 0.6) is 0 Å². The summed E-state index contributed by atoms with van der Waals surface area (Å²) in [5.41, 5.74) is 0. The standard InChI is InChI=1S/C4H8N2O/c7-6-3-1-5-2-4-6/h1,3,5-6H,2,4H2. The van der Waals surface area contributed by atoms with Gasteiger partial charge in [0.25, 0.3) is 0 Å². The maximum atomic E-state index is 10.3. The first-order valence-electron chi connectivity index (χ1n) is 2.32. The molecule has 3 heteroatoms. The van der Waals surface area contributed by atoms with Crippen molar-refractivity contribution < 1.29 is 5.06 Å². The van der Waals surface area contributed by atoms with Gasteiger partial charge in [-0.05, 0) is 0 Å². The summed E-state index contributed by atoms with van der Waals surface area (Å²) >= 11 is 0. The molecule has 3 nitrogen and oxygen atoms in total.